The molecule has 1 saturated carbocycles. The van der Waals surface area contributed by atoms with E-state index in [0.717, 1.165) is 10.9 Å². The van der Waals surface area contributed by atoms with Crippen LogP contribution in [-0.4, -0.2) is 10.7 Å². The minimum atomic E-state index is 0.626. The molecule has 1 aliphatic carbocycles. The van der Waals surface area contributed by atoms with E-state index in [-0.39, 0.29) is 0 Å². The normalized spacial score (nSPS) is 17.4. The van der Waals surface area contributed by atoms with Crippen LogP contribution in [0.5, 0.6) is 0 Å². The van der Waals surface area contributed by atoms with Gasteiger partial charge in [0, 0.05) is 5.75 Å². The van der Waals surface area contributed by atoms with E-state index in [9.17, 15) is 0 Å². The molecule has 0 unspecified atom stereocenters. The van der Waals surface area contributed by atoms with Gasteiger partial charge in [-0.3, -0.25) is 0 Å². The summed E-state index contributed by atoms with van der Waals surface area (Å²) in [7, 11) is 0. The van der Waals surface area contributed by atoms with Gasteiger partial charge in [0.15, 0.2) is 0 Å². The topological polar surface area (TPSA) is 38.9 Å². The molecule has 3 heteroatoms. The van der Waals surface area contributed by atoms with Crippen molar-refractivity contribution in [3.8, 4) is 0 Å². The summed E-state index contributed by atoms with van der Waals surface area (Å²) in [5, 5.41) is 1.07. The standard InChI is InChI=1S/C11H16N2S/c12-10-6-3-7-11(13-10)14-8-9-4-1-2-5-9/h3,6-7,9H,1-2,4-5,8H2,(H2,12,13). The minimum Gasteiger partial charge on any atom is -0.384 e. The van der Waals surface area contributed by atoms with Crippen LogP contribution < -0.4 is 5.73 Å². The number of hydrogen-bond acceptors (Lipinski definition) is 3. The van der Waals surface area contributed by atoms with Gasteiger partial charge in [0.25, 0.3) is 0 Å². The van der Waals surface area contributed by atoms with Crippen LogP contribution in [0.2, 0.25) is 0 Å². The second-order valence-electron chi connectivity index (χ2n) is 3.86. The number of nitrogen functional groups attached to an aromatic ring is 1. The molecule has 14 heavy (non-hydrogen) atoms. The molecule has 1 fully saturated rings. The largest absolute Gasteiger partial charge is 0.384 e. The number of nitrogens with two attached hydrogens (primary N) is 1. The van der Waals surface area contributed by atoms with E-state index in [0.29, 0.717) is 5.82 Å². The average molecular weight is 208 g/mol. The van der Waals surface area contributed by atoms with Crippen molar-refractivity contribution in [3.63, 3.8) is 0 Å². The molecule has 0 saturated heterocycles. The fraction of sp³-hybridized carbons (Fsp3) is 0.545. The summed E-state index contributed by atoms with van der Waals surface area (Å²) in [5.41, 5.74) is 5.62. The van der Waals surface area contributed by atoms with E-state index in [1.807, 2.05) is 30.0 Å². The first-order valence-corrected chi connectivity index (χ1v) is 6.18. The Labute approximate surface area is 89.3 Å². The zero-order valence-electron chi connectivity index (χ0n) is 8.28. The van der Waals surface area contributed by atoms with E-state index in [2.05, 4.69) is 4.98 Å². The Kier molecular flexibility index (Phi) is 3.30. The van der Waals surface area contributed by atoms with Gasteiger partial charge in [0.2, 0.25) is 0 Å². The fourth-order valence-electron chi connectivity index (χ4n) is 1.89. The number of thioether (sulfide) groups is 1. The van der Waals surface area contributed by atoms with Crippen LogP contribution in [-0.2, 0) is 0 Å². The molecule has 0 radical (unpaired) electrons. The predicted molar refractivity (Wildman–Crippen MR) is 61.3 cm³/mol. The molecule has 2 rings (SSSR count). The molecular weight excluding hydrogens is 192 g/mol. The highest BCUT2D eigenvalue weighted by atomic mass is 32.2. The molecule has 0 amide bonds. The monoisotopic (exact) mass is 208 g/mol. The van der Waals surface area contributed by atoms with Crippen LogP contribution in [0.1, 0.15) is 25.7 Å². The summed E-state index contributed by atoms with van der Waals surface area (Å²) < 4.78 is 0. The first-order chi connectivity index (χ1) is 6.84. The molecule has 1 aromatic rings. The summed E-state index contributed by atoms with van der Waals surface area (Å²) in [6.45, 7) is 0. The Bertz CT molecular complexity index is 295. The fourth-order valence-corrected chi connectivity index (χ4v) is 2.98. The average Bonchev–Trinajstić information content (AvgIpc) is 2.67. The van der Waals surface area contributed by atoms with E-state index in [1.165, 1.54) is 31.4 Å². The summed E-state index contributed by atoms with van der Waals surface area (Å²) in [4.78, 5) is 4.27. The zero-order chi connectivity index (χ0) is 9.80. The molecule has 76 valence electrons. The minimum absolute atomic E-state index is 0.626. The second-order valence-corrected chi connectivity index (χ2v) is 4.90. The van der Waals surface area contributed by atoms with Crippen molar-refractivity contribution in [2.75, 3.05) is 11.5 Å². The Hall–Kier alpha value is -0.700. The first-order valence-electron chi connectivity index (χ1n) is 5.20. The Morgan fingerprint density at radius 2 is 2.14 bits per heavy atom. The van der Waals surface area contributed by atoms with Crippen molar-refractivity contribution >= 4 is 17.6 Å². The van der Waals surface area contributed by atoms with Crippen LogP contribution in [0, 0.1) is 5.92 Å². The van der Waals surface area contributed by atoms with Gasteiger partial charge in [0.1, 0.15) is 5.82 Å². The Morgan fingerprint density at radius 1 is 1.36 bits per heavy atom. The van der Waals surface area contributed by atoms with Crippen LogP contribution >= 0.6 is 11.8 Å². The molecule has 0 aromatic carbocycles. The van der Waals surface area contributed by atoms with Gasteiger partial charge in [-0.1, -0.05) is 18.9 Å². The first kappa shape index (κ1) is 9.84. The third-order valence-corrected chi connectivity index (χ3v) is 3.85. The molecule has 1 aromatic heterocycles. The van der Waals surface area contributed by atoms with Crippen LogP contribution in [0.25, 0.3) is 0 Å². The molecule has 2 N–H and O–H groups in total. The van der Waals surface area contributed by atoms with Crippen LogP contribution in [0.4, 0.5) is 5.82 Å². The number of aromatic nitrogens is 1. The van der Waals surface area contributed by atoms with E-state index < -0.39 is 0 Å². The number of rotatable bonds is 3. The molecule has 0 aliphatic heterocycles. The SMILES string of the molecule is Nc1cccc(SCC2CCCC2)n1. The van der Waals surface area contributed by atoms with Crippen LogP contribution in [0.15, 0.2) is 23.2 Å². The van der Waals surface area contributed by atoms with Gasteiger partial charge in [-0.15, -0.1) is 11.8 Å². The number of pyridine rings is 1. The van der Waals surface area contributed by atoms with Crippen molar-refractivity contribution in [1.29, 1.82) is 0 Å². The van der Waals surface area contributed by atoms with Crippen molar-refractivity contribution < 1.29 is 0 Å². The lowest BCUT2D eigenvalue weighted by atomic mass is 10.1. The highest BCUT2D eigenvalue weighted by molar-refractivity contribution is 7.99. The van der Waals surface area contributed by atoms with Gasteiger partial charge in [-0.05, 0) is 30.9 Å². The lowest BCUT2D eigenvalue weighted by Crippen LogP contribution is -1.97. The smallest absolute Gasteiger partial charge is 0.124 e. The van der Waals surface area contributed by atoms with Gasteiger partial charge >= 0.3 is 0 Å². The number of anilines is 1. The molecule has 1 heterocycles. The van der Waals surface area contributed by atoms with Crippen molar-refractivity contribution in [2.24, 2.45) is 5.92 Å². The summed E-state index contributed by atoms with van der Waals surface area (Å²) in [6, 6.07) is 5.84. The second kappa shape index (κ2) is 4.69. The third-order valence-electron chi connectivity index (χ3n) is 2.69. The number of hydrogen-bond donors (Lipinski definition) is 1. The maximum absolute atomic E-state index is 5.62. The molecule has 0 spiro atoms. The van der Waals surface area contributed by atoms with Crippen molar-refractivity contribution in [3.05, 3.63) is 18.2 Å². The zero-order valence-corrected chi connectivity index (χ0v) is 9.09. The Balaban J connectivity index is 1.85. The van der Waals surface area contributed by atoms with E-state index in [1.54, 1.807) is 0 Å². The van der Waals surface area contributed by atoms with E-state index >= 15 is 0 Å². The highest BCUT2D eigenvalue weighted by Gasteiger charge is 2.15. The van der Waals surface area contributed by atoms with Gasteiger partial charge < -0.3 is 5.73 Å². The quantitative estimate of drug-likeness (QED) is 0.776. The predicted octanol–water partition coefficient (Wildman–Crippen LogP) is 2.95. The molecular formula is C11H16N2S. The van der Waals surface area contributed by atoms with Crippen molar-refractivity contribution in [1.82, 2.24) is 4.98 Å². The van der Waals surface area contributed by atoms with Crippen molar-refractivity contribution in [2.45, 2.75) is 30.7 Å². The highest BCUT2D eigenvalue weighted by Crippen LogP contribution is 2.30. The molecule has 2 nitrogen and oxygen atoms in total. The molecule has 0 atom stereocenters. The number of nitrogens with zero attached hydrogens (tertiary/aromatic N) is 1. The Morgan fingerprint density at radius 3 is 2.86 bits per heavy atom. The maximum Gasteiger partial charge on any atom is 0.124 e. The van der Waals surface area contributed by atoms with Gasteiger partial charge in [-0.2, -0.15) is 0 Å². The third kappa shape index (κ3) is 2.64. The maximum atomic E-state index is 5.62. The summed E-state index contributed by atoms with van der Waals surface area (Å²) >= 11 is 1.84. The summed E-state index contributed by atoms with van der Waals surface area (Å²) in [6.07, 6.45) is 5.62. The van der Waals surface area contributed by atoms with Gasteiger partial charge in [-0.25, -0.2) is 4.98 Å². The lowest BCUT2D eigenvalue weighted by Gasteiger charge is -2.07. The lowest BCUT2D eigenvalue weighted by molar-refractivity contribution is 0.623. The van der Waals surface area contributed by atoms with Gasteiger partial charge in [0.05, 0.1) is 5.03 Å². The molecule has 0 bridgehead atoms. The van der Waals surface area contributed by atoms with E-state index in [4.69, 9.17) is 5.73 Å². The molecule has 1 aliphatic rings. The summed E-state index contributed by atoms with van der Waals surface area (Å²) in [5.74, 6) is 2.74. The van der Waals surface area contributed by atoms with Crippen LogP contribution in [0.3, 0.4) is 0 Å².